The molecule has 0 aromatic rings. The highest BCUT2D eigenvalue weighted by Gasteiger charge is 2.30. The van der Waals surface area contributed by atoms with Crippen molar-refractivity contribution >= 4 is 10.0 Å². The van der Waals surface area contributed by atoms with Gasteiger partial charge in [-0.05, 0) is 37.8 Å². The van der Waals surface area contributed by atoms with E-state index in [1.165, 1.54) is 0 Å². The van der Waals surface area contributed by atoms with Gasteiger partial charge in [-0.25, -0.2) is 13.1 Å². The van der Waals surface area contributed by atoms with Crippen molar-refractivity contribution in [1.29, 1.82) is 5.26 Å². The van der Waals surface area contributed by atoms with E-state index in [2.05, 4.69) is 17.0 Å². The summed E-state index contributed by atoms with van der Waals surface area (Å²) in [5, 5.41) is 11.1. The molecule has 0 radical (unpaired) electrons. The van der Waals surface area contributed by atoms with Crippen LogP contribution in [0, 0.1) is 16.7 Å². The second-order valence-corrected chi connectivity index (χ2v) is 6.90. The summed E-state index contributed by atoms with van der Waals surface area (Å²) in [6, 6.07) is 1.83. The van der Waals surface area contributed by atoms with Crippen LogP contribution in [-0.2, 0) is 10.0 Å². The molecule has 17 heavy (non-hydrogen) atoms. The molecule has 5 nitrogen and oxygen atoms in total. The number of sulfonamides is 1. The Hall–Kier alpha value is -0.640. The van der Waals surface area contributed by atoms with E-state index in [0.717, 1.165) is 25.9 Å². The van der Waals surface area contributed by atoms with Gasteiger partial charge in [-0.1, -0.05) is 13.8 Å². The molecule has 0 aliphatic carbocycles. The van der Waals surface area contributed by atoms with Crippen molar-refractivity contribution in [3.8, 4) is 6.07 Å². The molecule has 1 saturated heterocycles. The molecule has 0 bridgehead atoms. The third-order valence-electron chi connectivity index (χ3n) is 3.40. The average Bonchev–Trinajstić information content (AvgIpc) is 2.29. The summed E-state index contributed by atoms with van der Waals surface area (Å²) in [5.74, 6) is 0. The summed E-state index contributed by atoms with van der Waals surface area (Å²) >= 11 is 0. The van der Waals surface area contributed by atoms with Gasteiger partial charge >= 0.3 is 0 Å². The first-order chi connectivity index (χ1) is 7.93. The van der Waals surface area contributed by atoms with Crippen molar-refractivity contribution in [3.63, 3.8) is 0 Å². The molecule has 0 aromatic carbocycles. The van der Waals surface area contributed by atoms with Crippen LogP contribution in [0.1, 0.15) is 33.1 Å². The summed E-state index contributed by atoms with van der Waals surface area (Å²) in [6.07, 6.45) is 2.24. The minimum atomic E-state index is -3.49. The van der Waals surface area contributed by atoms with Gasteiger partial charge in [-0.15, -0.1) is 0 Å². The number of nitriles is 1. The molecule has 1 unspecified atom stereocenters. The van der Waals surface area contributed by atoms with E-state index in [1.807, 2.05) is 6.07 Å². The smallest absolute Gasteiger partial charge is 0.227 e. The van der Waals surface area contributed by atoms with Gasteiger partial charge in [0.2, 0.25) is 10.0 Å². The lowest BCUT2D eigenvalue weighted by Gasteiger charge is -2.34. The minimum Gasteiger partial charge on any atom is -0.317 e. The van der Waals surface area contributed by atoms with Crippen molar-refractivity contribution in [1.82, 2.24) is 10.0 Å². The third kappa shape index (κ3) is 3.95. The molecule has 1 fully saturated rings. The lowest BCUT2D eigenvalue weighted by atomic mass is 9.81. The van der Waals surface area contributed by atoms with E-state index in [4.69, 9.17) is 5.26 Å². The highest BCUT2D eigenvalue weighted by atomic mass is 32.2. The number of hydrogen-bond donors (Lipinski definition) is 2. The molecule has 1 heterocycles. The highest BCUT2D eigenvalue weighted by Crippen LogP contribution is 2.27. The lowest BCUT2D eigenvalue weighted by molar-refractivity contribution is 0.232. The van der Waals surface area contributed by atoms with Crippen molar-refractivity contribution < 1.29 is 8.42 Å². The van der Waals surface area contributed by atoms with Gasteiger partial charge in [0.25, 0.3) is 0 Å². The van der Waals surface area contributed by atoms with E-state index in [-0.39, 0.29) is 5.41 Å². The monoisotopic (exact) mass is 259 g/mol. The number of piperidine rings is 1. The molecule has 1 rings (SSSR count). The SMILES string of the molecule is CCC(C#N)S(=O)(=O)NCC1(C)CCNCC1. The van der Waals surface area contributed by atoms with E-state index in [1.54, 1.807) is 6.92 Å². The fourth-order valence-electron chi connectivity index (χ4n) is 1.96. The largest absolute Gasteiger partial charge is 0.317 e. The van der Waals surface area contributed by atoms with Crippen molar-refractivity contribution in [2.75, 3.05) is 19.6 Å². The minimum absolute atomic E-state index is 0.00602. The molecule has 1 aliphatic rings. The second kappa shape index (κ2) is 5.80. The Balaban J connectivity index is 2.58. The van der Waals surface area contributed by atoms with Gasteiger partial charge in [0, 0.05) is 6.54 Å². The first kappa shape index (κ1) is 14.4. The maximum atomic E-state index is 11.8. The van der Waals surface area contributed by atoms with E-state index in [9.17, 15) is 8.42 Å². The Morgan fingerprint density at radius 2 is 2.06 bits per heavy atom. The Morgan fingerprint density at radius 3 is 2.53 bits per heavy atom. The van der Waals surface area contributed by atoms with Crippen LogP contribution in [0.4, 0.5) is 0 Å². The summed E-state index contributed by atoms with van der Waals surface area (Å²) < 4.78 is 26.3. The van der Waals surface area contributed by atoms with Crippen LogP contribution in [0.5, 0.6) is 0 Å². The van der Waals surface area contributed by atoms with E-state index in [0.29, 0.717) is 13.0 Å². The molecule has 0 amide bonds. The van der Waals surface area contributed by atoms with Crippen LogP contribution in [0.15, 0.2) is 0 Å². The predicted octanol–water partition coefficient (Wildman–Crippen LogP) is 0.598. The molecule has 2 N–H and O–H groups in total. The summed E-state index contributed by atoms with van der Waals surface area (Å²) in [4.78, 5) is 0. The standard InChI is InChI=1S/C11H21N3O2S/c1-3-10(8-12)17(15,16)14-9-11(2)4-6-13-7-5-11/h10,13-14H,3-7,9H2,1-2H3. The predicted molar refractivity (Wildman–Crippen MR) is 66.8 cm³/mol. The zero-order chi connectivity index (χ0) is 12.9. The first-order valence-electron chi connectivity index (χ1n) is 6.02. The van der Waals surface area contributed by atoms with Crippen LogP contribution < -0.4 is 10.0 Å². The van der Waals surface area contributed by atoms with Gasteiger partial charge in [0.1, 0.15) is 0 Å². The molecular formula is C11H21N3O2S. The quantitative estimate of drug-likeness (QED) is 0.757. The molecule has 6 heteroatoms. The maximum Gasteiger partial charge on any atom is 0.227 e. The fourth-order valence-corrected chi connectivity index (χ4v) is 3.29. The summed E-state index contributed by atoms with van der Waals surface area (Å²) in [6.45, 7) is 6.07. The molecule has 98 valence electrons. The molecule has 1 aliphatic heterocycles. The zero-order valence-electron chi connectivity index (χ0n) is 10.5. The van der Waals surface area contributed by atoms with Crippen LogP contribution in [-0.4, -0.2) is 33.3 Å². The number of rotatable bonds is 5. The van der Waals surface area contributed by atoms with Crippen molar-refractivity contribution in [2.45, 2.75) is 38.4 Å². The van der Waals surface area contributed by atoms with Crippen LogP contribution in [0.2, 0.25) is 0 Å². The van der Waals surface area contributed by atoms with Crippen LogP contribution in [0.25, 0.3) is 0 Å². The first-order valence-corrected chi connectivity index (χ1v) is 7.57. The molecular weight excluding hydrogens is 238 g/mol. The average molecular weight is 259 g/mol. The molecule has 0 aromatic heterocycles. The van der Waals surface area contributed by atoms with E-state index < -0.39 is 15.3 Å². The fraction of sp³-hybridized carbons (Fsp3) is 0.909. The van der Waals surface area contributed by atoms with Gasteiger partial charge in [0.15, 0.2) is 5.25 Å². The Kier molecular flexibility index (Phi) is 4.92. The lowest BCUT2D eigenvalue weighted by Crippen LogP contribution is -2.44. The van der Waals surface area contributed by atoms with Crippen molar-refractivity contribution in [2.24, 2.45) is 5.41 Å². The van der Waals surface area contributed by atoms with Crippen LogP contribution in [0.3, 0.4) is 0 Å². The van der Waals surface area contributed by atoms with Gasteiger partial charge in [-0.2, -0.15) is 5.26 Å². The summed E-state index contributed by atoms with van der Waals surface area (Å²) in [7, 11) is -3.49. The molecule has 1 atom stereocenters. The third-order valence-corrected chi connectivity index (χ3v) is 5.13. The van der Waals surface area contributed by atoms with Gasteiger partial charge in [-0.3, -0.25) is 0 Å². The number of nitrogens with one attached hydrogen (secondary N) is 2. The molecule has 0 saturated carbocycles. The Labute approximate surface area is 104 Å². The number of nitrogens with zero attached hydrogens (tertiary/aromatic N) is 1. The maximum absolute atomic E-state index is 11.8. The van der Waals surface area contributed by atoms with Gasteiger partial charge in [0.05, 0.1) is 6.07 Å². The Bertz CT molecular complexity index is 380. The molecule has 0 spiro atoms. The second-order valence-electron chi connectivity index (χ2n) is 4.95. The Morgan fingerprint density at radius 1 is 1.47 bits per heavy atom. The topological polar surface area (TPSA) is 82.0 Å². The van der Waals surface area contributed by atoms with Crippen LogP contribution >= 0.6 is 0 Å². The normalized spacial score (nSPS) is 21.7. The number of hydrogen-bond acceptors (Lipinski definition) is 4. The van der Waals surface area contributed by atoms with Crippen molar-refractivity contribution in [3.05, 3.63) is 0 Å². The van der Waals surface area contributed by atoms with Gasteiger partial charge < -0.3 is 5.32 Å². The highest BCUT2D eigenvalue weighted by molar-refractivity contribution is 7.90. The summed E-state index contributed by atoms with van der Waals surface area (Å²) in [5.41, 5.74) is 0.00602. The van der Waals surface area contributed by atoms with E-state index >= 15 is 0 Å². The zero-order valence-corrected chi connectivity index (χ0v) is 11.3.